The van der Waals surface area contributed by atoms with E-state index in [9.17, 15) is 17.6 Å². The van der Waals surface area contributed by atoms with Gasteiger partial charge in [0.05, 0.1) is 17.0 Å². The van der Waals surface area contributed by atoms with Gasteiger partial charge in [-0.25, -0.2) is 17.1 Å². The zero-order valence-corrected chi connectivity index (χ0v) is 19.8. The van der Waals surface area contributed by atoms with Crippen molar-refractivity contribution in [2.45, 2.75) is 32.2 Å². The number of rotatable bonds is 7. The molecular formula is C24H31FN4O3S. The van der Waals surface area contributed by atoms with E-state index in [1.54, 1.807) is 29.4 Å². The predicted octanol–water partition coefficient (Wildman–Crippen LogP) is 2.88. The average Bonchev–Trinajstić information content (AvgIpc) is 3.23. The third-order valence-corrected chi connectivity index (χ3v) is 8.76. The maximum Gasteiger partial charge on any atom is 0.250 e. The molecule has 4 N–H and O–H groups in total. The van der Waals surface area contributed by atoms with E-state index in [1.165, 1.54) is 6.07 Å². The summed E-state index contributed by atoms with van der Waals surface area (Å²) in [7, 11) is -1.36. The molecule has 2 aliphatic heterocycles. The minimum atomic E-state index is -3.19. The van der Waals surface area contributed by atoms with Gasteiger partial charge >= 0.3 is 0 Å². The first-order chi connectivity index (χ1) is 15.7. The number of sulfonamides is 1. The normalized spacial score (nSPS) is 19.3. The van der Waals surface area contributed by atoms with Crippen LogP contribution in [0, 0.1) is 11.7 Å². The van der Waals surface area contributed by atoms with Crippen LogP contribution in [-0.2, 0) is 16.6 Å². The zero-order chi connectivity index (χ0) is 23.8. The Morgan fingerprint density at radius 3 is 2.61 bits per heavy atom. The van der Waals surface area contributed by atoms with Crippen molar-refractivity contribution in [1.82, 2.24) is 9.62 Å². The summed E-state index contributed by atoms with van der Waals surface area (Å²) in [4.78, 5) is 12.3. The fourth-order valence-corrected chi connectivity index (χ4v) is 6.23. The van der Waals surface area contributed by atoms with Crippen LogP contribution in [0.15, 0.2) is 30.3 Å². The van der Waals surface area contributed by atoms with E-state index < -0.39 is 15.9 Å². The van der Waals surface area contributed by atoms with Crippen LogP contribution in [0.4, 0.5) is 10.1 Å². The lowest BCUT2D eigenvalue weighted by Gasteiger charge is -2.34. The molecule has 0 aromatic heterocycles. The molecule has 1 saturated heterocycles. The van der Waals surface area contributed by atoms with E-state index in [1.807, 2.05) is 13.1 Å². The van der Waals surface area contributed by atoms with Crippen LogP contribution in [0.25, 0.3) is 11.1 Å². The van der Waals surface area contributed by atoms with Gasteiger partial charge in [0.15, 0.2) is 0 Å². The first-order valence-corrected chi connectivity index (χ1v) is 13.0. The number of carbonyl (C=O) groups is 1. The van der Waals surface area contributed by atoms with Crippen LogP contribution in [0.3, 0.4) is 0 Å². The Kier molecular flexibility index (Phi) is 6.74. The number of primary amides is 1. The number of nitrogens with one attached hydrogen (secondary N) is 2. The Bertz CT molecular complexity index is 1160. The number of piperidine rings is 1. The molecule has 1 fully saturated rings. The number of amides is 1. The molecule has 2 heterocycles. The van der Waals surface area contributed by atoms with Gasteiger partial charge in [-0.05, 0) is 73.7 Å². The summed E-state index contributed by atoms with van der Waals surface area (Å²) in [5.41, 5.74) is 9.72. The first kappa shape index (κ1) is 23.7. The van der Waals surface area contributed by atoms with Gasteiger partial charge in [0.2, 0.25) is 10.0 Å². The maximum atomic E-state index is 14.8. The number of anilines is 1. The number of nitrogens with two attached hydrogens (primary N) is 1. The van der Waals surface area contributed by atoms with Crippen molar-refractivity contribution in [3.05, 3.63) is 52.8 Å². The lowest BCUT2D eigenvalue weighted by Crippen LogP contribution is -2.40. The lowest BCUT2D eigenvalue weighted by atomic mass is 9.80. The summed E-state index contributed by atoms with van der Waals surface area (Å²) in [5, 5.41) is 6.41. The quantitative estimate of drug-likeness (QED) is 0.572. The molecule has 2 aromatic rings. The Balaban J connectivity index is 1.69. The highest BCUT2D eigenvalue weighted by molar-refractivity contribution is 7.89. The molecule has 1 unspecified atom stereocenters. The largest absolute Gasteiger partial charge is 0.384 e. The molecule has 2 aliphatic rings. The SMILES string of the molecule is CCS(=O)(=O)N1CCC(C2CNc3c(C(N)=O)cc(-c4cc(CNC)ccc4F)cc32)CC1. The van der Waals surface area contributed by atoms with Gasteiger partial charge in [0.1, 0.15) is 5.82 Å². The number of nitrogens with zero attached hydrogens (tertiary/aromatic N) is 1. The fourth-order valence-electron chi connectivity index (χ4n) is 5.09. The molecule has 178 valence electrons. The minimum Gasteiger partial charge on any atom is -0.384 e. The van der Waals surface area contributed by atoms with Gasteiger partial charge in [-0.15, -0.1) is 0 Å². The Labute approximate surface area is 194 Å². The Hall–Kier alpha value is -2.49. The third-order valence-electron chi connectivity index (χ3n) is 6.88. The molecule has 1 amide bonds. The molecule has 0 radical (unpaired) electrons. The predicted molar refractivity (Wildman–Crippen MR) is 128 cm³/mol. The molecule has 0 bridgehead atoms. The molecule has 2 aromatic carbocycles. The van der Waals surface area contributed by atoms with Crippen molar-refractivity contribution in [1.29, 1.82) is 0 Å². The molecule has 0 aliphatic carbocycles. The second-order valence-corrected chi connectivity index (χ2v) is 11.1. The topological polar surface area (TPSA) is 105 Å². The number of hydrogen-bond donors (Lipinski definition) is 3. The van der Waals surface area contributed by atoms with Crippen LogP contribution < -0.4 is 16.4 Å². The number of benzene rings is 2. The number of hydrogen-bond acceptors (Lipinski definition) is 5. The highest BCUT2D eigenvalue weighted by Gasteiger charge is 2.36. The number of fused-ring (bicyclic) bond motifs is 1. The first-order valence-electron chi connectivity index (χ1n) is 11.4. The van der Waals surface area contributed by atoms with Crippen LogP contribution in [0.1, 0.15) is 47.2 Å². The monoisotopic (exact) mass is 474 g/mol. The molecule has 1 atom stereocenters. The molecule has 9 heteroatoms. The summed E-state index contributed by atoms with van der Waals surface area (Å²) in [6.07, 6.45) is 1.49. The van der Waals surface area contributed by atoms with E-state index in [0.29, 0.717) is 48.6 Å². The number of halogens is 1. The van der Waals surface area contributed by atoms with Crippen LogP contribution in [-0.4, -0.2) is 51.1 Å². The molecule has 7 nitrogen and oxygen atoms in total. The van der Waals surface area contributed by atoms with Crippen molar-refractivity contribution in [2.24, 2.45) is 11.7 Å². The van der Waals surface area contributed by atoms with Gasteiger partial charge in [0, 0.05) is 37.7 Å². The second-order valence-electron chi connectivity index (χ2n) is 8.82. The Morgan fingerprint density at radius 1 is 1.24 bits per heavy atom. The summed E-state index contributed by atoms with van der Waals surface area (Å²) in [6.45, 7) is 3.90. The van der Waals surface area contributed by atoms with E-state index in [-0.39, 0.29) is 23.4 Å². The fraction of sp³-hybridized carbons (Fsp3) is 0.458. The molecule has 33 heavy (non-hydrogen) atoms. The van der Waals surface area contributed by atoms with Gasteiger partial charge in [-0.2, -0.15) is 0 Å². The van der Waals surface area contributed by atoms with E-state index in [0.717, 1.165) is 24.0 Å². The number of carbonyl (C=O) groups excluding carboxylic acids is 1. The standard InChI is InChI=1S/C24H31FN4O3S/c1-3-33(31,32)29-8-6-16(7-9-29)21-14-28-23-19(21)11-17(12-20(23)24(26)30)18-10-15(13-27-2)4-5-22(18)25/h4-5,10-12,16,21,27-28H,3,6-9,13-14H2,1-2H3,(H2,26,30). The third kappa shape index (κ3) is 4.62. The minimum absolute atomic E-state index is 0.105. The van der Waals surface area contributed by atoms with E-state index in [4.69, 9.17) is 5.73 Å². The average molecular weight is 475 g/mol. The van der Waals surface area contributed by atoms with E-state index in [2.05, 4.69) is 10.6 Å². The molecule has 4 rings (SSSR count). The van der Waals surface area contributed by atoms with Crippen LogP contribution in [0.5, 0.6) is 0 Å². The zero-order valence-electron chi connectivity index (χ0n) is 19.0. The smallest absolute Gasteiger partial charge is 0.250 e. The van der Waals surface area contributed by atoms with E-state index >= 15 is 0 Å². The lowest BCUT2D eigenvalue weighted by molar-refractivity contribution is 0.100. The summed E-state index contributed by atoms with van der Waals surface area (Å²) in [6, 6.07) is 8.60. The van der Waals surface area contributed by atoms with Crippen molar-refractivity contribution >= 4 is 21.6 Å². The highest BCUT2D eigenvalue weighted by atomic mass is 32.2. The van der Waals surface area contributed by atoms with Crippen LogP contribution in [0.2, 0.25) is 0 Å². The van der Waals surface area contributed by atoms with Crippen molar-refractivity contribution in [3.63, 3.8) is 0 Å². The van der Waals surface area contributed by atoms with Gasteiger partial charge in [-0.3, -0.25) is 4.79 Å². The Morgan fingerprint density at radius 2 is 1.97 bits per heavy atom. The van der Waals surface area contributed by atoms with Gasteiger partial charge in [0.25, 0.3) is 5.91 Å². The maximum absolute atomic E-state index is 14.8. The van der Waals surface area contributed by atoms with Crippen molar-refractivity contribution in [2.75, 3.05) is 37.8 Å². The van der Waals surface area contributed by atoms with Gasteiger partial charge < -0.3 is 16.4 Å². The highest BCUT2D eigenvalue weighted by Crippen LogP contribution is 2.44. The summed E-state index contributed by atoms with van der Waals surface area (Å²) in [5.74, 6) is -0.441. The summed E-state index contributed by atoms with van der Waals surface area (Å²) < 4.78 is 40.8. The molecule has 0 saturated carbocycles. The van der Waals surface area contributed by atoms with Crippen molar-refractivity contribution < 1.29 is 17.6 Å². The molecular weight excluding hydrogens is 443 g/mol. The molecule has 0 spiro atoms. The summed E-state index contributed by atoms with van der Waals surface area (Å²) >= 11 is 0. The van der Waals surface area contributed by atoms with Crippen molar-refractivity contribution in [3.8, 4) is 11.1 Å². The van der Waals surface area contributed by atoms with Gasteiger partial charge in [-0.1, -0.05) is 6.07 Å². The second kappa shape index (κ2) is 9.40. The van der Waals surface area contributed by atoms with Crippen LogP contribution >= 0.6 is 0 Å².